The number of halogens is 2. The Labute approximate surface area is 132 Å². The fraction of sp³-hybridized carbons (Fsp3) is 0.625. The van der Waals surface area contributed by atoms with E-state index in [1.165, 1.54) is 25.7 Å². The zero-order chi connectivity index (χ0) is 14.5. The van der Waals surface area contributed by atoms with E-state index in [2.05, 4.69) is 11.8 Å². The lowest BCUT2D eigenvalue weighted by Crippen LogP contribution is -2.34. The third-order valence-electron chi connectivity index (χ3n) is 4.45. The fourth-order valence-corrected chi connectivity index (χ4v) is 3.69. The maximum absolute atomic E-state index is 6.35. The van der Waals surface area contributed by atoms with Crippen molar-refractivity contribution >= 4 is 23.2 Å². The molecule has 112 valence electrons. The van der Waals surface area contributed by atoms with Gasteiger partial charge in [0.05, 0.1) is 0 Å². The first-order chi connectivity index (χ1) is 9.65. The molecule has 2 rings (SSSR count). The number of likely N-dealkylation sites (tertiary alicyclic amines) is 1. The average molecular weight is 315 g/mol. The number of rotatable bonds is 4. The van der Waals surface area contributed by atoms with Crippen molar-refractivity contribution in [2.75, 3.05) is 19.6 Å². The van der Waals surface area contributed by atoms with E-state index in [4.69, 9.17) is 28.9 Å². The van der Waals surface area contributed by atoms with Gasteiger partial charge in [-0.3, -0.25) is 4.90 Å². The first kappa shape index (κ1) is 16.1. The van der Waals surface area contributed by atoms with Crippen LogP contribution in [0.25, 0.3) is 0 Å². The Kier molecular flexibility index (Phi) is 6.16. The largest absolute Gasteiger partial charge is 0.329 e. The van der Waals surface area contributed by atoms with Gasteiger partial charge >= 0.3 is 0 Å². The molecule has 2 nitrogen and oxygen atoms in total. The number of nitrogens with two attached hydrogens (primary N) is 1. The number of hydrogen-bond donors (Lipinski definition) is 1. The lowest BCUT2D eigenvalue weighted by molar-refractivity contribution is 0.207. The fourth-order valence-electron chi connectivity index (χ4n) is 3.15. The molecule has 1 aliphatic rings. The first-order valence-corrected chi connectivity index (χ1v) is 8.30. The molecule has 20 heavy (non-hydrogen) atoms. The molecule has 1 heterocycles. The molecule has 2 unspecified atom stereocenters. The lowest BCUT2D eigenvalue weighted by atomic mass is 9.98. The van der Waals surface area contributed by atoms with Crippen LogP contribution in [0.5, 0.6) is 0 Å². The Bertz CT molecular complexity index is 436. The van der Waals surface area contributed by atoms with Crippen LogP contribution >= 0.6 is 23.2 Å². The molecule has 0 radical (unpaired) electrons. The molecule has 1 saturated heterocycles. The van der Waals surface area contributed by atoms with E-state index in [1.54, 1.807) is 0 Å². The van der Waals surface area contributed by atoms with E-state index < -0.39 is 0 Å². The van der Waals surface area contributed by atoms with Crippen molar-refractivity contribution in [1.82, 2.24) is 4.90 Å². The van der Waals surface area contributed by atoms with Gasteiger partial charge in [-0.05, 0) is 56.0 Å². The topological polar surface area (TPSA) is 29.3 Å². The predicted octanol–water partition coefficient (Wildman–Crippen LogP) is 4.51. The van der Waals surface area contributed by atoms with Gasteiger partial charge in [0.25, 0.3) is 0 Å². The normalized spacial score (nSPS) is 22.5. The summed E-state index contributed by atoms with van der Waals surface area (Å²) >= 11 is 12.3. The molecule has 0 amide bonds. The maximum Gasteiger partial charge on any atom is 0.0485 e. The van der Waals surface area contributed by atoms with E-state index in [-0.39, 0.29) is 6.04 Å². The van der Waals surface area contributed by atoms with Crippen LogP contribution in [0.2, 0.25) is 10.0 Å². The van der Waals surface area contributed by atoms with E-state index in [0.717, 1.165) is 29.6 Å². The SMILES string of the molecule is CCC1CCCN(C(CN)c2ccc(Cl)cc2Cl)CC1. The third kappa shape index (κ3) is 3.88. The van der Waals surface area contributed by atoms with Gasteiger partial charge in [-0.2, -0.15) is 0 Å². The quantitative estimate of drug-likeness (QED) is 0.886. The second-order valence-corrected chi connectivity index (χ2v) is 6.50. The minimum atomic E-state index is 0.204. The van der Waals surface area contributed by atoms with Gasteiger partial charge in [-0.25, -0.2) is 0 Å². The van der Waals surface area contributed by atoms with Crippen LogP contribution in [0.1, 0.15) is 44.2 Å². The highest BCUT2D eigenvalue weighted by Gasteiger charge is 2.24. The van der Waals surface area contributed by atoms with Crippen LogP contribution in [0.3, 0.4) is 0 Å². The maximum atomic E-state index is 6.35. The molecular weight excluding hydrogens is 291 g/mol. The highest BCUT2D eigenvalue weighted by molar-refractivity contribution is 6.35. The summed E-state index contributed by atoms with van der Waals surface area (Å²) in [5.41, 5.74) is 7.13. The first-order valence-electron chi connectivity index (χ1n) is 7.54. The van der Waals surface area contributed by atoms with Crippen LogP contribution < -0.4 is 5.73 Å². The summed E-state index contributed by atoms with van der Waals surface area (Å²) in [6, 6.07) is 5.94. The monoisotopic (exact) mass is 314 g/mol. The van der Waals surface area contributed by atoms with Gasteiger partial charge in [-0.15, -0.1) is 0 Å². The molecule has 0 aliphatic carbocycles. The van der Waals surface area contributed by atoms with Crippen molar-refractivity contribution in [3.8, 4) is 0 Å². The average Bonchev–Trinajstić information content (AvgIpc) is 2.67. The van der Waals surface area contributed by atoms with Gasteiger partial charge in [0.1, 0.15) is 0 Å². The summed E-state index contributed by atoms with van der Waals surface area (Å²) in [6.45, 7) is 5.10. The van der Waals surface area contributed by atoms with Crippen LogP contribution in [-0.4, -0.2) is 24.5 Å². The Morgan fingerprint density at radius 1 is 1.30 bits per heavy atom. The van der Waals surface area contributed by atoms with E-state index in [0.29, 0.717) is 11.6 Å². The van der Waals surface area contributed by atoms with Crippen LogP contribution in [-0.2, 0) is 0 Å². The van der Waals surface area contributed by atoms with Crippen molar-refractivity contribution in [2.24, 2.45) is 11.7 Å². The second kappa shape index (κ2) is 7.65. The molecule has 4 heteroatoms. The molecule has 1 fully saturated rings. The molecule has 2 N–H and O–H groups in total. The molecule has 1 aromatic carbocycles. The minimum absolute atomic E-state index is 0.204. The smallest absolute Gasteiger partial charge is 0.0485 e. The van der Waals surface area contributed by atoms with Gasteiger partial charge in [0.2, 0.25) is 0 Å². The van der Waals surface area contributed by atoms with Crippen molar-refractivity contribution < 1.29 is 0 Å². The van der Waals surface area contributed by atoms with Crippen molar-refractivity contribution in [1.29, 1.82) is 0 Å². The molecule has 0 aromatic heterocycles. The zero-order valence-corrected chi connectivity index (χ0v) is 13.6. The lowest BCUT2D eigenvalue weighted by Gasteiger charge is -2.30. The zero-order valence-electron chi connectivity index (χ0n) is 12.1. The van der Waals surface area contributed by atoms with Crippen LogP contribution in [0.15, 0.2) is 18.2 Å². The Morgan fingerprint density at radius 3 is 2.75 bits per heavy atom. The summed E-state index contributed by atoms with van der Waals surface area (Å²) < 4.78 is 0. The number of nitrogens with zero attached hydrogens (tertiary/aromatic N) is 1. The van der Waals surface area contributed by atoms with Gasteiger partial charge in [-0.1, -0.05) is 42.6 Å². The molecule has 0 spiro atoms. The molecule has 2 atom stereocenters. The molecule has 1 aliphatic heterocycles. The Balaban J connectivity index is 2.15. The third-order valence-corrected chi connectivity index (χ3v) is 5.01. The highest BCUT2D eigenvalue weighted by atomic mass is 35.5. The Morgan fingerprint density at radius 2 is 2.10 bits per heavy atom. The van der Waals surface area contributed by atoms with E-state index in [9.17, 15) is 0 Å². The summed E-state index contributed by atoms with van der Waals surface area (Å²) in [4.78, 5) is 2.49. The van der Waals surface area contributed by atoms with E-state index >= 15 is 0 Å². The minimum Gasteiger partial charge on any atom is -0.329 e. The van der Waals surface area contributed by atoms with Gasteiger partial charge in [0, 0.05) is 22.6 Å². The molecule has 1 aromatic rings. The van der Waals surface area contributed by atoms with Crippen LogP contribution in [0, 0.1) is 5.92 Å². The van der Waals surface area contributed by atoms with Crippen molar-refractivity contribution in [3.05, 3.63) is 33.8 Å². The van der Waals surface area contributed by atoms with Crippen molar-refractivity contribution in [2.45, 2.75) is 38.6 Å². The molecular formula is C16H24Cl2N2. The number of hydrogen-bond acceptors (Lipinski definition) is 2. The summed E-state index contributed by atoms with van der Waals surface area (Å²) in [7, 11) is 0. The standard InChI is InChI=1S/C16H24Cl2N2/c1-2-12-4-3-8-20(9-7-12)16(11-19)14-6-5-13(17)10-15(14)18/h5-6,10,12,16H,2-4,7-9,11,19H2,1H3. The molecule has 0 bridgehead atoms. The summed E-state index contributed by atoms with van der Waals surface area (Å²) in [5.74, 6) is 0.860. The summed E-state index contributed by atoms with van der Waals surface area (Å²) in [5, 5.41) is 1.40. The van der Waals surface area contributed by atoms with Crippen LogP contribution in [0.4, 0.5) is 0 Å². The van der Waals surface area contributed by atoms with Gasteiger partial charge in [0.15, 0.2) is 0 Å². The second-order valence-electron chi connectivity index (χ2n) is 5.66. The van der Waals surface area contributed by atoms with Gasteiger partial charge < -0.3 is 5.73 Å². The predicted molar refractivity (Wildman–Crippen MR) is 87.5 cm³/mol. The van der Waals surface area contributed by atoms with E-state index in [1.807, 2.05) is 18.2 Å². The Hall–Kier alpha value is -0.280. The van der Waals surface area contributed by atoms with Crippen molar-refractivity contribution in [3.63, 3.8) is 0 Å². The summed E-state index contributed by atoms with van der Waals surface area (Å²) in [6.07, 6.45) is 5.12. The number of benzene rings is 1. The molecule has 0 saturated carbocycles. The highest BCUT2D eigenvalue weighted by Crippen LogP contribution is 2.32.